The molecule has 0 bridgehead atoms. The number of fused-ring (bicyclic) bond motifs is 2. The van der Waals surface area contributed by atoms with E-state index in [1.165, 1.54) is 11.1 Å². The van der Waals surface area contributed by atoms with Crippen molar-refractivity contribution in [2.45, 2.75) is 0 Å². The molecule has 0 atom stereocenters. The minimum Gasteiger partial charge on any atom is -0.338 e. The van der Waals surface area contributed by atoms with Crippen LogP contribution in [0.1, 0.15) is 0 Å². The number of thiophene rings is 1. The fourth-order valence-electron chi connectivity index (χ4n) is 3.74. The number of nitrogens with zero attached hydrogens (tertiary/aromatic N) is 3. The summed E-state index contributed by atoms with van der Waals surface area (Å²) in [6.07, 6.45) is 3.66. The van der Waals surface area contributed by atoms with Crippen LogP contribution < -0.4 is 0 Å². The Morgan fingerprint density at radius 1 is 0.828 bits per heavy atom. The fourth-order valence-corrected chi connectivity index (χ4v) is 4.39. The molecule has 2 N–H and O–H groups in total. The van der Waals surface area contributed by atoms with Crippen molar-refractivity contribution in [1.82, 2.24) is 25.1 Å². The highest BCUT2D eigenvalue weighted by molar-refractivity contribution is 7.08. The molecule has 0 radical (unpaired) electrons. The summed E-state index contributed by atoms with van der Waals surface area (Å²) in [6, 6.07) is 18.5. The van der Waals surface area contributed by atoms with Gasteiger partial charge >= 0.3 is 0 Å². The molecule has 6 aromatic rings. The lowest BCUT2D eigenvalue weighted by molar-refractivity contribution is 1.12. The Morgan fingerprint density at radius 3 is 2.69 bits per heavy atom. The Balaban J connectivity index is 1.53. The SMILES string of the molecule is c1ccc(-c2ccc3[nH]nc(-c4cc5c(-c6ccsc6)ccnc5[nH]4)c3c2)nc1. The van der Waals surface area contributed by atoms with Crippen molar-refractivity contribution in [3.63, 3.8) is 0 Å². The molecule has 0 aliphatic rings. The summed E-state index contributed by atoms with van der Waals surface area (Å²) < 4.78 is 0. The normalized spacial score (nSPS) is 11.4. The summed E-state index contributed by atoms with van der Waals surface area (Å²) in [7, 11) is 0. The van der Waals surface area contributed by atoms with Crippen LogP contribution in [0.25, 0.3) is 55.7 Å². The molecule has 0 saturated carbocycles. The highest BCUT2D eigenvalue weighted by Gasteiger charge is 2.15. The highest BCUT2D eigenvalue weighted by Crippen LogP contribution is 2.34. The number of hydrogen-bond donors (Lipinski definition) is 2. The van der Waals surface area contributed by atoms with Crippen molar-refractivity contribution >= 4 is 33.3 Å². The molecule has 0 unspecified atom stereocenters. The molecule has 1 aromatic carbocycles. The van der Waals surface area contributed by atoms with Crippen LogP contribution in [0.4, 0.5) is 0 Å². The molecule has 5 aromatic heterocycles. The van der Waals surface area contributed by atoms with E-state index in [2.05, 4.69) is 66.2 Å². The number of hydrogen-bond acceptors (Lipinski definition) is 4. The van der Waals surface area contributed by atoms with Gasteiger partial charge in [-0.3, -0.25) is 10.1 Å². The topological polar surface area (TPSA) is 70.2 Å². The van der Waals surface area contributed by atoms with Gasteiger partial charge in [0.05, 0.1) is 16.9 Å². The zero-order valence-electron chi connectivity index (χ0n) is 15.3. The van der Waals surface area contributed by atoms with Gasteiger partial charge in [0.2, 0.25) is 0 Å². The van der Waals surface area contributed by atoms with Crippen LogP contribution in [0.2, 0.25) is 0 Å². The van der Waals surface area contributed by atoms with Crippen molar-refractivity contribution in [3.8, 4) is 33.8 Å². The van der Waals surface area contributed by atoms with Gasteiger partial charge < -0.3 is 4.98 Å². The summed E-state index contributed by atoms with van der Waals surface area (Å²) in [4.78, 5) is 12.4. The van der Waals surface area contributed by atoms with Crippen molar-refractivity contribution in [2.24, 2.45) is 0 Å². The van der Waals surface area contributed by atoms with E-state index >= 15 is 0 Å². The molecule has 0 saturated heterocycles. The van der Waals surface area contributed by atoms with Gasteiger partial charge in [-0.05, 0) is 64.4 Å². The number of H-pyrrole nitrogens is 2. The highest BCUT2D eigenvalue weighted by atomic mass is 32.1. The van der Waals surface area contributed by atoms with E-state index < -0.39 is 0 Å². The van der Waals surface area contributed by atoms with E-state index in [-0.39, 0.29) is 0 Å². The van der Waals surface area contributed by atoms with Gasteiger partial charge in [-0.25, -0.2) is 4.98 Å². The molecule has 5 heterocycles. The van der Waals surface area contributed by atoms with Crippen molar-refractivity contribution in [3.05, 3.63) is 77.8 Å². The first-order valence-electron chi connectivity index (χ1n) is 9.27. The molecule has 6 rings (SSSR count). The van der Waals surface area contributed by atoms with E-state index in [0.29, 0.717) is 0 Å². The molecular weight excluding hydrogens is 378 g/mol. The monoisotopic (exact) mass is 393 g/mol. The molecule has 0 aliphatic heterocycles. The van der Waals surface area contributed by atoms with Crippen LogP contribution in [-0.2, 0) is 0 Å². The van der Waals surface area contributed by atoms with E-state index in [0.717, 1.165) is 44.6 Å². The quantitative estimate of drug-likeness (QED) is 0.393. The maximum atomic E-state index is 4.59. The first-order chi connectivity index (χ1) is 14.4. The maximum Gasteiger partial charge on any atom is 0.138 e. The molecule has 0 fully saturated rings. The first-order valence-corrected chi connectivity index (χ1v) is 10.2. The summed E-state index contributed by atoms with van der Waals surface area (Å²) in [5.41, 5.74) is 8.07. The van der Waals surface area contributed by atoms with Gasteiger partial charge in [-0.1, -0.05) is 12.1 Å². The summed E-state index contributed by atoms with van der Waals surface area (Å²) in [5.74, 6) is 0. The summed E-state index contributed by atoms with van der Waals surface area (Å²) >= 11 is 1.70. The van der Waals surface area contributed by atoms with Crippen molar-refractivity contribution in [1.29, 1.82) is 0 Å². The van der Waals surface area contributed by atoms with E-state index in [4.69, 9.17) is 0 Å². The number of aromatic nitrogens is 5. The average molecular weight is 393 g/mol. The van der Waals surface area contributed by atoms with Gasteiger partial charge in [-0.2, -0.15) is 16.4 Å². The second kappa shape index (κ2) is 6.39. The Hall–Kier alpha value is -3.77. The fraction of sp³-hybridized carbons (Fsp3) is 0. The number of rotatable bonds is 3. The zero-order chi connectivity index (χ0) is 19.2. The minimum atomic E-state index is 0.862. The van der Waals surface area contributed by atoms with Crippen molar-refractivity contribution in [2.75, 3.05) is 0 Å². The predicted molar refractivity (Wildman–Crippen MR) is 118 cm³/mol. The van der Waals surface area contributed by atoms with Crippen LogP contribution >= 0.6 is 11.3 Å². The van der Waals surface area contributed by atoms with E-state index in [1.807, 2.05) is 36.7 Å². The zero-order valence-corrected chi connectivity index (χ0v) is 16.1. The third-order valence-electron chi connectivity index (χ3n) is 5.14. The number of pyridine rings is 2. The lowest BCUT2D eigenvalue weighted by Gasteiger charge is -2.01. The average Bonchev–Trinajstić information content (AvgIpc) is 3.52. The molecule has 6 heteroatoms. The van der Waals surface area contributed by atoms with Crippen LogP contribution in [0, 0.1) is 0 Å². The molecular formula is C23H15N5S. The largest absolute Gasteiger partial charge is 0.338 e. The van der Waals surface area contributed by atoms with Gasteiger partial charge in [0.15, 0.2) is 0 Å². The predicted octanol–water partition coefficient (Wildman–Crippen LogP) is 5.90. The van der Waals surface area contributed by atoms with Crippen LogP contribution in [0.5, 0.6) is 0 Å². The van der Waals surface area contributed by atoms with Crippen molar-refractivity contribution < 1.29 is 0 Å². The van der Waals surface area contributed by atoms with E-state index in [1.54, 1.807) is 11.3 Å². The Bertz CT molecular complexity index is 1450. The number of aromatic amines is 2. The Labute approximate surface area is 170 Å². The third-order valence-corrected chi connectivity index (χ3v) is 5.83. The molecule has 29 heavy (non-hydrogen) atoms. The van der Waals surface area contributed by atoms with Gasteiger partial charge in [0.25, 0.3) is 0 Å². The molecule has 0 spiro atoms. The molecule has 0 amide bonds. The lowest BCUT2D eigenvalue weighted by atomic mass is 10.1. The van der Waals surface area contributed by atoms with Crippen LogP contribution in [0.15, 0.2) is 77.8 Å². The molecule has 0 aliphatic carbocycles. The Morgan fingerprint density at radius 2 is 1.83 bits per heavy atom. The minimum absolute atomic E-state index is 0.862. The van der Waals surface area contributed by atoms with Crippen LogP contribution in [0.3, 0.4) is 0 Å². The van der Waals surface area contributed by atoms with Gasteiger partial charge in [-0.15, -0.1) is 0 Å². The number of benzene rings is 1. The van der Waals surface area contributed by atoms with Gasteiger partial charge in [0.1, 0.15) is 11.3 Å². The van der Waals surface area contributed by atoms with E-state index in [9.17, 15) is 0 Å². The maximum absolute atomic E-state index is 4.59. The third kappa shape index (κ3) is 2.65. The summed E-state index contributed by atoms with van der Waals surface area (Å²) in [5, 5.41) is 14.1. The van der Waals surface area contributed by atoms with Crippen LogP contribution in [-0.4, -0.2) is 25.1 Å². The second-order valence-corrected chi connectivity index (χ2v) is 7.64. The first kappa shape index (κ1) is 16.2. The lowest BCUT2D eigenvalue weighted by Crippen LogP contribution is -1.83. The summed E-state index contributed by atoms with van der Waals surface area (Å²) in [6.45, 7) is 0. The molecule has 138 valence electrons. The smallest absolute Gasteiger partial charge is 0.138 e. The number of nitrogens with one attached hydrogen (secondary N) is 2. The molecule has 5 nitrogen and oxygen atoms in total. The Kier molecular flexibility index (Phi) is 3.57. The second-order valence-electron chi connectivity index (χ2n) is 6.86. The standard InChI is InChI=1S/C23H15N5S/c1-2-8-24-19(3-1)14-4-5-20-18(11-14)22(28-27-20)21-12-17-16(15-7-10-29-13-15)6-9-25-23(17)26-21/h1-13H,(H,25,26)(H,27,28). The van der Waals surface area contributed by atoms with Gasteiger partial charge in [0, 0.05) is 28.7 Å².